The van der Waals surface area contributed by atoms with Gasteiger partial charge in [-0.15, -0.1) is 17.9 Å². The van der Waals surface area contributed by atoms with Crippen molar-refractivity contribution in [1.82, 2.24) is 10.7 Å². The molecule has 0 N–H and O–H groups in total. The SMILES string of the molecule is O=[N+]([O-])C(F)(C(CN(F)F)OC(CN(F)F)C(F)([N+](=O)[O-])[N+](=O)[O-])[N+](=O)[O-]. The lowest BCUT2D eigenvalue weighted by molar-refractivity contribution is -0.854. The average Bonchev–Trinajstić information content (AvgIpc) is 2.49. The Morgan fingerprint density at radius 2 is 0.926 bits per heavy atom. The molecule has 0 aromatic carbocycles. The van der Waals surface area contributed by atoms with E-state index in [2.05, 4.69) is 4.74 Å². The molecule has 0 heterocycles. The van der Waals surface area contributed by atoms with Gasteiger partial charge in [0.1, 0.15) is 32.8 Å². The summed E-state index contributed by atoms with van der Waals surface area (Å²) in [6, 6.07) is 0. The number of rotatable bonds is 12. The zero-order valence-electron chi connectivity index (χ0n) is 12.2. The Hall–Kier alpha value is -2.94. The van der Waals surface area contributed by atoms with Crippen LogP contribution < -0.4 is 0 Å². The number of halogens is 6. The van der Waals surface area contributed by atoms with E-state index in [0.29, 0.717) is 0 Å². The first kappa shape index (κ1) is 24.1. The molecule has 0 aliphatic carbocycles. The van der Waals surface area contributed by atoms with Gasteiger partial charge in [0.05, 0.1) is 0 Å². The van der Waals surface area contributed by atoms with Crippen LogP contribution in [0.15, 0.2) is 0 Å². The Labute approximate surface area is 141 Å². The van der Waals surface area contributed by atoms with Crippen LogP contribution in [0.1, 0.15) is 0 Å². The minimum absolute atomic E-state index is 2.20. The Morgan fingerprint density at radius 1 is 0.704 bits per heavy atom. The van der Waals surface area contributed by atoms with E-state index < -0.39 is 67.5 Å². The molecular formula is C6H6F6N6O9. The van der Waals surface area contributed by atoms with Crippen LogP contribution in [-0.2, 0) is 4.74 Å². The van der Waals surface area contributed by atoms with Gasteiger partial charge in [-0.25, -0.2) is 0 Å². The predicted octanol–water partition coefficient (Wildman–Crippen LogP) is 0.236. The number of alkyl halides is 2. The minimum Gasteiger partial charge on any atom is -0.337 e. The van der Waals surface area contributed by atoms with E-state index in [4.69, 9.17) is 0 Å². The van der Waals surface area contributed by atoms with Crippen molar-refractivity contribution >= 4 is 0 Å². The Balaban J connectivity index is 6.31. The molecule has 0 saturated heterocycles. The third kappa shape index (κ3) is 5.04. The van der Waals surface area contributed by atoms with Gasteiger partial charge in [0.15, 0.2) is 0 Å². The molecule has 0 bridgehead atoms. The van der Waals surface area contributed by atoms with Crippen molar-refractivity contribution in [2.45, 2.75) is 24.0 Å². The third-order valence-corrected chi connectivity index (χ3v) is 2.78. The summed E-state index contributed by atoms with van der Waals surface area (Å²) in [6.07, 6.45) is -7.59. The molecule has 21 heteroatoms. The van der Waals surface area contributed by atoms with E-state index in [0.717, 1.165) is 0 Å². The zero-order chi connectivity index (χ0) is 21.7. The van der Waals surface area contributed by atoms with Crippen molar-refractivity contribution < 1.29 is 51.1 Å². The summed E-state index contributed by atoms with van der Waals surface area (Å²) in [5.41, 5.74) is 0. The summed E-state index contributed by atoms with van der Waals surface area (Å²) in [5.74, 6) is -10.5. The quantitative estimate of drug-likeness (QED) is 0.105. The van der Waals surface area contributed by atoms with Gasteiger partial charge in [-0.1, -0.05) is 8.78 Å². The van der Waals surface area contributed by atoms with Crippen LogP contribution in [0.4, 0.5) is 26.7 Å². The van der Waals surface area contributed by atoms with E-state index in [1.54, 1.807) is 0 Å². The molecule has 0 aromatic rings. The van der Waals surface area contributed by atoms with E-state index in [-0.39, 0.29) is 0 Å². The van der Waals surface area contributed by atoms with Crippen LogP contribution in [0.2, 0.25) is 0 Å². The first-order valence-corrected chi connectivity index (χ1v) is 5.91. The fourth-order valence-electron chi connectivity index (χ4n) is 1.54. The first-order chi connectivity index (χ1) is 12.1. The molecule has 15 nitrogen and oxygen atoms in total. The fraction of sp³-hybridized carbons (Fsp3) is 1.00. The standard InChI is InChI=1S/C6H6F6N6O9/c7-5(15(19)20,16(21)22)3(1-13(9)10)27-4(2-14(11)12)6(8,17(23)24)18(25)26/h3-4H,1-2H2. The molecule has 0 aromatic heterocycles. The molecule has 0 aliphatic heterocycles. The Bertz CT molecular complexity index is 530. The molecule has 0 amide bonds. The largest absolute Gasteiger partial charge is 0.642 e. The van der Waals surface area contributed by atoms with Gasteiger partial charge >= 0.3 is 11.8 Å². The van der Waals surface area contributed by atoms with Crippen LogP contribution in [0.5, 0.6) is 0 Å². The number of hydrogen-bond donors (Lipinski definition) is 0. The van der Waals surface area contributed by atoms with Gasteiger partial charge in [0, 0.05) is 10.7 Å². The second-order valence-corrected chi connectivity index (χ2v) is 4.39. The molecular weight excluding hydrogens is 414 g/mol. The van der Waals surface area contributed by atoms with Gasteiger partial charge in [-0.3, -0.25) is 40.5 Å². The second kappa shape index (κ2) is 8.63. The summed E-state index contributed by atoms with van der Waals surface area (Å²) in [5, 5.41) is 37.7. The number of nitrogens with zero attached hydrogens (tertiary/aromatic N) is 6. The van der Waals surface area contributed by atoms with Crippen molar-refractivity contribution in [1.29, 1.82) is 0 Å². The predicted molar refractivity (Wildman–Crippen MR) is 62.2 cm³/mol. The molecule has 0 aliphatic rings. The molecule has 2 unspecified atom stereocenters. The highest BCUT2D eigenvalue weighted by atomic mass is 19.4. The lowest BCUT2D eigenvalue weighted by atomic mass is 10.2. The number of hydrogen-bond acceptors (Lipinski definition) is 11. The normalized spacial score (nSPS) is 14.8. The van der Waals surface area contributed by atoms with E-state index >= 15 is 0 Å². The van der Waals surface area contributed by atoms with Gasteiger partial charge in [0.25, 0.3) is 12.2 Å². The maximum Gasteiger partial charge on any atom is 0.642 e. The second-order valence-electron chi connectivity index (χ2n) is 4.39. The van der Waals surface area contributed by atoms with Crippen LogP contribution >= 0.6 is 0 Å². The van der Waals surface area contributed by atoms with Gasteiger partial charge < -0.3 is 4.74 Å². The lowest BCUT2D eigenvalue weighted by Crippen LogP contribution is -2.62. The van der Waals surface area contributed by atoms with Crippen molar-refractivity contribution in [2.75, 3.05) is 13.1 Å². The third-order valence-electron chi connectivity index (χ3n) is 2.78. The molecule has 27 heavy (non-hydrogen) atoms. The van der Waals surface area contributed by atoms with Crippen LogP contribution in [0.25, 0.3) is 0 Å². The minimum atomic E-state index is -5.26. The average molecular weight is 420 g/mol. The number of ether oxygens (including phenoxy) is 1. The van der Waals surface area contributed by atoms with Crippen molar-refractivity contribution in [3.63, 3.8) is 0 Å². The molecule has 0 spiro atoms. The molecule has 0 fully saturated rings. The Morgan fingerprint density at radius 3 is 1.07 bits per heavy atom. The Kier molecular flexibility index (Phi) is 7.69. The maximum absolute atomic E-state index is 14.0. The molecule has 156 valence electrons. The first-order valence-electron chi connectivity index (χ1n) is 5.91. The maximum atomic E-state index is 14.0. The van der Waals surface area contributed by atoms with E-state index in [9.17, 15) is 67.2 Å². The highest BCUT2D eigenvalue weighted by Gasteiger charge is 2.73. The summed E-state index contributed by atoms with van der Waals surface area (Å²) >= 11 is 0. The van der Waals surface area contributed by atoms with Crippen molar-refractivity contribution in [3.8, 4) is 0 Å². The van der Waals surface area contributed by atoms with Gasteiger partial charge in [-0.05, 0) is 0 Å². The van der Waals surface area contributed by atoms with Crippen molar-refractivity contribution in [2.24, 2.45) is 0 Å². The van der Waals surface area contributed by atoms with Gasteiger partial charge in [0.2, 0.25) is 0 Å². The molecule has 2 atom stereocenters. The summed E-state index contributed by atoms with van der Waals surface area (Å²) < 4.78 is 80.9. The van der Waals surface area contributed by atoms with E-state index in [1.807, 2.05) is 0 Å². The highest BCUT2D eigenvalue weighted by molar-refractivity contribution is 4.77. The monoisotopic (exact) mass is 420 g/mol. The fourth-order valence-corrected chi connectivity index (χ4v) is 1.54. The topological polar surface area (TPSA) is 188 Å². The van der Waals surface area contributed by atoms with Crippen LogP contribution in [0.3, 0.4) is 0 Å². The molecule has 0 saturated carbocycles. The van der Waals surface area contributed by atoms with E-state index in [1.165, 1.54) is 0 Å². The van der Waals surface area contributed by atoms with Crippen molar-refractivity contribution in [3.05, 3.63) is 40.5 Å². The molecule has 0 radical (unpaired) electrons. The summed E-state index contributed by atoms with van der Waals surface area (Å²) in [4.78, 5) is 32.2. The van der Waals surface area contributed by atoms with Crippen LogP contribution in [-0.4, -0.2) is 67.5 Å². The summed E-state index contributed by atoms with van der Waals surface area (Å²) in [7, 11) is 0. The highest BCUT2D eigenvalue weighted by Crippen LogP contribution is 2.30. The lowest BCUT2D eigenvalue weighted by Gasteiger charge is -2.25. The molecule has 0 rings (SSSR count). The number of nitro groups is 4. The summed E-state index contributed by atoms with van der Waals surface area (Å²) in [6.45, 7) is -4.97. The van der Waals surface area contributed by atoms with Gasteiger partial charge in [-0.2, -0.15) is 0 Å². The van der Waals surface area contributed by atoms with Crippen LogP contribution in [0, 0.1) is 40.5 Å². The smallest absolute Gasteiger partial charge is 0.337 e. The zero-order valence-corrected chi connectivity index (χ0v) is 12.2.